The molecule has 31 heavy (non-hydrogen) atoms. The number of phenolic OH excluding ortho intramolecular Hbond substituents is 1. The van der Waals surface area contributed by atoms with E-state index in [4.69, 9.17) is 23.2 Å². The zero-order valence-corrected chi connectivity index (χ0v) is 17.7. The number of aromatic hydroxyl groups is 1. The second kappa shape index (κ2) is 9.20. The van der Waals surface area contributed by atoms with Gasteiger partial charge in [0, 0.05) is 34.6 Å². The van der Waals surface area contributed by atoms with Crippen molar-refractivity contribution in [1.82, 2.24) is 15.3 Å². The van der Waals surface area contributed by atoms with Gasteiger partial charge in [-0.2, -0.15) is 0 Å². The quantitative estimate of drug-likeness (QED) is 0.384. The maximum absolute atomic E-state index is 12.8. The molecular weight excluding hydrogens is 435 g/mol. The van der Waals surface area contributed by atoms with Crippen molar-refractivity contribution in [3.05, 3.63) is 94.4 Å². The molecule has 0 aliphatic carbocycles. The minimum atomic E-state index is -0.735. The molecule has 8 heteroatoms. The predicted molar refractivity (Wildman–Crippen MR) is 123 cm³/mol. The Labute approximate surface area is 188 Å². The topological polar surface area (TPSA) is 87.1 Å². The fraction of sp³-hybridized carbons (Fsp3) is 0.0870. The van der Waals surface area contributed by atoms with E-state index in [1.54, 1.807) is 61.1 Å². The van der Waals surface area contributed by atoms with E-state index >= 15 is 0 Å². The summed E-state index contributed by atoms with van der Waals surface area (Å²) in [6, 6.07) is 15.1. The van der Waals surface area contributed by atoms with Crippen LogP contribution >= 0.6 is 23.2 Å². The first-order valence-electron chi connectivity index (χ1n) is 9.48. The van der Waals surface area contributed by atoms with Gasteiger partial charge in [0.2, 0.25) is 5.91 Å². The lowest BCUT2D eigenvalue weighted by Gasteiger charge is -2.23. The van der Waals surface area contributed by atoms with Crippen LogP contribution in [0.2, 0.25) is 10.0 Å². The van der Waals surface area contributed by atoms with E-state index in [-0.39, 0.29) is 18.2 Å². The van der Waals surface area contributed by atoms with Crippen molar-refractivity contribution in [2.75, 3.05) is 11.9 Å². The Kier molecular flexibility index (Phi) is 6.21. The van der Waals surface area contributed by atoms with Crippen LogP contribution in [0.4, 0.5) is 5.69 Å². The van der Waals surface area contributed by atoms with E-state index in [0.717, 1.165) is 0 Å². The van der Waals surface area contributed by atoms with Gasteiger partial charge < -0.3 is 15.7 Å². The summed E-state index contributed by atoms with van der Waals surface area (Å²) in [6.45, 7) is 0.00692. The standard InChI is InChI=1S/C23H18Cl2N4O2/c24-18-8-2-1-6-15(18)21(29-20(30)13-28-14-5-3-9-26-12-14)17-11-19(25)16-7-4-10-27-22(16)23(17)31/h1-12,21,28,31H,13H2,(H,29,30). The number of phenols is 1. The number of hydrogen-bond acceptors (Lipinski definition) is 5. The third kappa shape index (κ3) is 4.55. The number of carbonyl (C=O) groups excluding carboxylic acids is 1. The summed E-state index contributed by atoms with van der Waals surface area (Å²) in [5.41, 5.74) is 2.09. The summed E-state index contributed by atoms with van der Waals surface area (Å²) in [5, 5.41) is 18.4. The number of aromatic nitrogens is 2. The number of fused-ring (bicyclic) bond motifs is 1. The largest absolute Gasteiger partial charge is 0.505 e. The number of pyridine rings is 2. The Morgan fingerprint density at radius 1 is 1.00 bits per heavy atom. The van der Waals surface area contributed by atoms with Gasteiger partial charge in [-0.3, -0.25) is 14.8 Å². The van der Waals surface area contributed by atoms with Crippen molar-refractivity contribution in [3.63, 3.8) is 0 Å². The van der Waals surface area contributed by atoms with Crippen LogP contribution in [0.1, 0.15) is 17.2 Å². The van der Waals surface area contributed by atoms with Gasteiger partial charge in [0.15, 0.2) is 0 Å². The number of benzene rings is 2. The first kappa shape index (κ1) is 20.9. The molecule has 1 amide bonds. The van der Waals surface area contributed by atoms with E-state index in [2.05, 4.69) is 20.6 Å². The molecule has 0 radical (unpaired) electrons. The average molecular weight is 453 g/mol. The molecule has 0 aliphatic rings. The number of amides is 1. The number of nitrogens with zero attached hydrogens (tertiary/aromatic N) is 2. The van der Waals surface area contributed by atoms with Crippen LogP contribution in [0.25, 0.3) is 10.9 Å². The van der Waals surface area contributed by atoms with Gasteiger partial charge in [0.1, 0.15) is 11.3 Å². The minimum absolute atomic E-state index is 0.00692. The molecule has 4 aromatic rings. The summed E-state index contributed by atoms with van der Waals surface area (Å²) in [4.78, 5) is 21.0. The van der Waals surface area contributed by atoms with Crippen molar-refractivity contribution in [1.29, 1.82) is 0 Å². The first-order valence-corrected chi connectivity index (χ1v) is 10.2. The van der Waals surface area contributed by atoms with Gasteiger partial charge >= 0.3 is 0 Å². The molecule has 0 fully saturated rings. The zero-order valence-electron chi connectivity index (χ0n) is 16.2. The van der Waals surface area contributed by atoms with E-state index in [1.165, 1.54) is 0 Å². The highest BCUT2D eigenvalue weighted by Gasteiger charge is 2.24. The minimum Gasteiger partial charge on any atom is -0.505 e. The van der Waals surface area contributed by atoms with Gasteiger partial charge in [-0.25, -0.2) is 0 Å². The third-order valence-corrected chi connectivity index (χ3v) is 5.45. The van der Waals surface area contributed by atoms with Crippen molar-refractivity contribution < 1.29 is 9.90 Å². The van der Waals surface area contributed by atoms with Gasteiger partial charge in [-0.05, 0) is 42.0 Å². The van der Waals surface area contributed by atoms with Crippen LogP contribution in [-0.2, 0) is 4.79 Å². The number of carbonyl (C=O) groups is 1. The van der Waals surface area contributed by atoms with Crippen molar-refractivity contribution >= 4 is 45.7 Å². The lowest BCUT2D eigenvalue weighted by molar-refractivity contribution is -0.119. The lowest BCUT2D eigenvalue weighted by atomic mass is 9.96. The van der Waals surface area contributed by atoms with Crippen LogP contribution in [0.15, 0.2) is 73.2 Å². The monoisotopic (exact) mass is 452 g/mol. The maximum atomic E-state index is 12.8. The molecular formula is C23H18Cl2N4O2. The number of halogens is 2. The van der Waals surface area contributed by atoms with E-state index in [9.17, 15) is 9.90 Å². The molecule has 3 N–H and O–H groups in total. The highest BCUT2D eigenvalue weighted by atomic mass is 35.5. The molecule has 0 aliphatic heterocycles. The van der Waals surface area contributed by atoms with Crippen LogP contribution in [0.5, 0.6) is 5.75 Å². The number of hydrogen-bond donors (Lipinski definition) is 3. The van der Waals surface area contributed by atoms with Crippen LogP contribution in [0.3, 0.4) is 0 Å². The van der Waals surface area contributed by atoms with Crippen molar-refractivity contribution in [3.8, 4) is 5.75 Å². The highest BCUT2D eigenvalue weighted by Crippen LogP contribution is 2.39. The maximum Gasteiger partial charge on any atom is 0.240 e. The second-order valence-electron chi connectivity index (χ2n) is 6.81. The van der Waals surface area contributed by atoms with E-state index in [0.29, 0.717) is 37.8 Å². The summed E-state index contributed by atoms with van der Waals surface area (Å²) in [7, 11) is 0. The van der Waals surface area contributed by atoms with E-state index < -0.39 is 6.04 Å². The molecule has 1 unspecified atom stereocenters. The van der Waals surface area contributed by atoms with E-state index in [1.807, 2.05) is 12.1 Å². The molecule has 6 nitrogen and oxygen atoms in total. The molecule has 2 aromatic heterocycles. The van der Waals surface area contributed by atoms with Gasteiger partial charge in [-0.15, -0.1) is 0 Å². The Morgan fingerprint density at radius 3 is 2.58 bits per heavy atom. The molecule has 0 saturated carbocycles. The smallest absolute Gasteiger partial charge is 0.240 e. The van der Waals surface area contributed by atoms with Gasteiger partial charge in [0.25, 0.3) is 0 Å². The summed E-state index contributed by atoms with van der Waals surface area (Å²) < 4.78 is 0. The SMILES string of the molecule is O=C(CNc1cccnc1)NC(c1ccccc1Cl)c1cc(Cl)c2cccnc2c1O. The summed E-state index contributed by atoms with van der Waals surface area (Å²) >= 11 is 12.9. The third-order valence-electron chi connectivity index (χ3n) is 4.79. The molecule has 0 spiro atoms. The Morgan fingerprint density at radius 2 is 1.81 bits per heavy atom. The molecule has 156 valence electrons. The molecule has 0 saturated heterocycles. The lowest BCUT2D eigenvalue weighted by Crippen LogP contribution is -2.34. The molecule has 2 aromatic carbocycles. The summed E-state index contributed by atoms with van der Waals surface area (Å²) in [5.74, 6) is -0.365. The Balaban J connectivity index is 1.71. The normalized spacial score (nSPS) is 11.8. The number of rotatable bonds is 6. The fourth-order valence-electron chi connectivity index (χ4n) is 3.32. The average Bonchev–Trinajstić information content (AvgIpc) is 2.80. The van der Waals surface area contributed by atoms with Crippen molar-refractivity contribution in [2.45, 2.75) is 6.04 Å². The number of nitrogens with one attached hydrogen (secondary N) is 2. The van der Waals surface area contributed by atoms with Gasteiger partial charge in [-0.1, -0.05) is 41.4 Å². The molecule has 0 bridgehead atoms. The molecule has 4 rings (SSSR count). The molecule has 1 atom stereocenters. The zero-order chi connectivity index (χ0) is 21.8. The Hall–Kier alpha value is -3.35. The van der Waals surface area contributed by atoms with Crippen molar-refractivity contribution in [2.24, 2.45) is 0 Å². The fourth-order valence-corrected chi connectivity index (χ4v) is 3.83. The predicted octanol–water partition coefficient (Wildman–Crippen LogP) is 4.96. The highest BCUT2D eigenvalue weighted by molar-refractivity contribution is 6.35. The van der Waals surface area contributed by atoms with Crippen LogP contribution < -0.4 is 10.6 Å². The second-order valence-corrected chi connectivity index (χ2v) is 7.63. The number of anilines is 1. The Bertz CT molecular complexity index is 1230. The first-order chi connectivity index (χ1) is 15.0. The van der Waals surface area contributed by atoms with Crippen LogP contribution in [0, 0.1) is 0 Å². The van der Waals surface area contributed by atoms with Gasteiger partial charge in [0.05, 0.1) is 23.3 Å². The van der Waals surface area contributed by atoms with Crippen LogP contribution in [-0.4, -0.2) is 27.5 Å². The summed E-state index contributed by atoms with van der Waals surface area (Å²) in [6.07, 6.45) is 4.85. The molecule has 2 heterocycles.